The lowest BCUT2D eigenvalue weighted by Crippen LogP contribution is -1.97. The van der Waals surface area contributed by atoms with E-state index in [1.807, 2.05) is 6.07 Å². The first kappa shape index (κ1) is 10.0. The van der Waals surface area contributed by atoms with Gasteiger partial charge in [-0.05, 0) is 31.0 Å². The minimum Gasteiger partial charge on any atom is -0.237 e. The highest BCUT2D eigenvalue weighted by molar-refractivity contribution is 6.35. The maximum absolute atomic E-state index is 6.09. The Bertz CT molecular complexity index is 518. The Morgan fingerprint density at radius 2 is 1.94 bits per heavy atom. The first-order valence-electron chi connectivity index (χ1n) is 5.76. The molecule has 0 atom stereocenters. The molecule has 2 aromatic rings. The number of fused-ring (bicyclic) bond motifs is 1. The average molecular weight is 233 g/mol. The third-order valence-electron chi connectivity index (χ3n) is 3.35. The van der Waals surface area contributed by atoms with E-state index in [4.69, 9.17) is 11.6 Å². The molecule has 2 nitrogen and oxygen atoms in total. The molecule has 1 fully saturated rings. The van der Waals surface area contributed by atoms with Crippen LogP contribution in [0.5, 0.6) is 0 Å². The molecule has 0 unspecified atom stereocenters. The predicted molar refractivity (Wildman–Crippen MR) is 65.8 cm³/mol. The van der Waals surface area contributed by atoms with E-state index >= 15 is 0 Å². The van der Waals surface area contributed by atoms with Gasteiger partial charge in [-0.2, -0.15) is 0 Å². The fourth-order valence-electron chi connectivity index (χ4n) is 2.46. The first-order valence-corrected chi connectivity index (χ1v) is 6.13. The zero-order chi connectivity index (χ0) is 11.0. The second kappa shape index (κ2) is 4.02. The van der Waals surface area contributed by atoms with Crippen molar-refractivity contribution in [2.45, 2.75) is 31.6 Å². The third kappa shape index (κ3) is 1.67. The van der Waals surface area contributed by atoms with Crippen LogP contribution in [-0.2, 0) is 0 Å². The summed E-state index contributed by atoms with van der Waals surface area (Å²) >= 11 is 6.09. The summed E-state index contributed by atoms with van der Waals surface area (Å²) in [6.07, 6.45) is 6.90. The van der Waals surface area contributed by atoms with Crippen molar-refractivity contribution in [1.29, 1.82) is 0 Å². The Morgan fingerprint density at radius 1 is 1.12 bits per heavy atom. The summed E-state index contributed by atoms with van der Waals surface area (Å²) in [6.45, 7) is 0. The molecule has 3 rings (SSSR count). The molecule has 0 amide bonds. The van der Waals surface area contributed by atoms with Gasteiger partial charge >= 0.3 is 0 Å². The molecule has 0 aliphatic heterocycles. The molecule has 1 aliphatic rings. The molecule has 1 saturated carbocycles. The number of hydrogen-bond donors (Lipinski definition) is 0. The number of halogens is 1. The lowest BCUT2D eigenvalue weighted by molar-refractivity contribution is 0.700. The van der Waals surface area contributed by atoms with Crippen LogP contribution in [0, 0.1) is 0 Å². The third-order valence-corrected chi connectivity index (χ3v) is 3.67. The van der Waals surface area contributed by atoms with Crippen molar-refractivity contribution in [2.24, 2.45) is 0 Å². The molecule has 0 aromatic carbocycles. The van der Waals surface area contributed by atoms with Gasteiger partial charge in [0, 0.05) is 23.2 Å². The Balaban J connectivity index is 2.08. The van der Waals surface area contributed by atoms with Crippen molar-refractivity contribution in [3.05, 3.63) is 35.1 Å². The molecule has 2 aromatic heterocycles. The van der Waals surface area contributed by atoms with E-state index in [-0.39, 0.29) is 0 Å². The second-order valence-corrected chi connectivity index (χ2v) is 4.79. The minimum atomic E-state index is 0.630. The van der Waals surface area contributed by atoms with Crippen LogP contribution in [0.2, 0.25) is 5.02 Å². The molecule has 0 saturated heterocycles. The van der Waals surface area contributed by atoms with Crippen LogP contribution < -0.4 is 0 Å². The summed E-state index contributed by atoms with van der Waals surface area (Å²) in [6, 6.07) is 5.96. The van der Waals surface area contributed by atoms with E-state index in [0.29, 0.717) is 5.92 Å². The molecule has 0 radical (unpaired) electrons. The lowest BCUT2D eigenvalue weighted by Gasteiger charge is -2.09. The van der Waals surface area contributed by atoms with Crippen LogP contribution in [0.25, 0.3) is 11.0 Å². The first-order chi connectivity index (χ1) is 7.84. The van der Waals surface area contributed by atoms with Gasteiger partial charge in [-0.1, -0.05) is 24.4 Å². The van der Waals surface area contributed by atoms with Gasteiger partial charge in [0.15, 0.2) is 5.65 Å². The standard InChI is InChI=1S/C13H13ClN2/c14-11-7-8-15-13-10(11)5-6-12(16-13)9-3-1-2-4-9/h5-9H,1-4H2. The summed E-state index contributed by atoms with van der Waals surface area (Å²) < 4.78 is 0. The van der Waals surface area contributed by atoms with Crippen LogP contribution in [0.1, 0.15) is 37.3 Å². The van der Waals surface area contributed by atoms with Crippen LogP contribution in [0.4, 0.5) is 0 Å². The average Bonchev–Trinajstić information content (AvgIpc) is 2.82. The molecule has 0 bridgehead atoms. The number of nitrogens with zero attached hydrogens (tertiary/aromatic N) is 2. The summed E-state index contributed by atoms with van der Waals surface area (Å²) in [5.41, 5.74) is 1.96. The molecule has 1 aliphatic carbocycles. The highest BCUT2D eigenvalue weighted by Gasteiger charge is 2.18. The minimum absolute atomic E-state index is 0.630. The monoisotopic (exact) mass is 232 g/mol. The number of rotatable bonds is 1. The van der Waals surface area contributed by atoms with Crippen molar-refractivity contribution in [3.63, 3.8) is 0 Å². The van der Waals surface area contributed by atoms with Crippen LogP contribution in [0.15, 0.2) is 24.4 Å². The van der Waals surface area contributed by atoms with E-state index in [9.17, 15) is 0 Å². The fraction of sp³-hybridized carbons (Fsp3) is 0.385. The number of aromatic nitrogens is 2. The highest BCUT2D eigenvalue weighted by atomic mass is 35.5. The van der Waals surface area contributed by atoms with Crippen molar-refractivity contribution < 1.29 is 0 Å². The largest absolute Gasteiger partial charge is 0.237 e. The van der Waals surface area contributed by atoms with Crippen LogP contribution >= 0.6 is 11.6 Å². The van der Waals surface area contributed by atoms with Gasteiger partial charge in [0.05, 0.1) is 5.02 Å². The van der Waals surface area contributed by atoms with E-state index in [1.165, 1.54) is 31.4 Å². The Morgan fingerprint density at radius 3 is 2.75 bits per heavy atom. The number of hydrogen-bond acceptors (Lipinski definition) is 2. The Kier molecular flexibility index (Phi) is 2.52. The zero-order valence-corrected chi connectivity index (χ0v) is 9.74. The second-order valence-electron chi connectivity index (χ2n) is 4.38. The van der Waals surface area contributed by atoms with Gasteiger partial charge < -0.3 is 0 Å². The van der Waals surface area contributed by atoms with E-state index in [0.717, 1.165) is 16.1 Å². The van der Waals surface area contributed by atoms with Gasteiger partial charge in [0.25, 0.3) is 0 Å². The quantitative estimate of drug-likeness (QED) is 0.744. The Hall–Kier alpha value is -1.15. The smallest absolute Gasteiger partial charge is 0.160 e. The number of pyridine rings is 2. The fourth-order valence-corrected chi connectivity index (χ4v) is 2.66. The molecular weight excluding hydrogens is 220 g/mol. The SMILES string of the molecule is Clc1ccnc2nc(C3CCCC3)ccc12. The van der Waals surface area contributed by atoms with Gasteiger partial charge in [-0.3, -0.25) is 0 Å². The molecule has 16 heavy (non-hydrogen) atoms. The topological polar surface area (TPSA) is 25.8 Å². The van der Waals surface area contributed by atoms with Gasteiger partial charge in [0.2, 0.25) is 0 Å². The molecule has 2 heterocycles. The van der Waals surface area contributed by atoms with Crippen molar-refractivity contribution in [2.75, 3.05) is 0 Å². The van der Waals surface area contributed by atoms with E-state index in [1.54, 1.807) is 12.3 Å². The molecule has 0 spiro atoms. The summed E-state index contributed by atoms with van der Waals surface area (Å²) in [7, 11) is 0. The van der Waals surface area contributed by atoms with Crippen LogP contribution in [-0.4, -0.2) is 9.97 Å². The zero-order valence-electron chi connectivity index (χ0n) is 8.99. The normalized spacial score (nSPS) is 17.1. The molecule has 3 heteroatoms. The van der Waals surface area contributed by atoms with Crippen molar-refractivity contribution in [1.82, 2.24) is 9.97 Å². The van der Waals surface area contributed by atoms with Crippen LogP contribution in [0.3, 0.4) is 0 Å². The van der Waals surface area contributed by atoms with Gasteiger partial charge in [0.1, 0.15) is 0 Å². The Labute approximate surface area is 99.7 Å². The summed E-state index contributed by atoms with van der Waals surface area (Å²) in [5, 5.41) is 1.68. The van der Waals surface area contributed by atoms with Crippen molar-refractivity contribution in [3.8, 4) is 0 Å². The van der Waals surface area contributed by atoms with Gasteiger partial charge in [-0.15, -0.1) is 0 Å². The molecule has 0 N–H and O–H groups in total. The molecular formula is C13H13ClN2. The van der Waals surface area contributed by atoms with Crippen molar-refractivity contribution >= 4 is 22.6 Å². The van der Waals surface area contributed by atoms with E-state index < -0.39 is 0 Å². The highest BCUT2D eigenvalue weighted by Crippen LogP contribution is 2.34. The predicted octanol–water partition coefficient (Wildman–Crippen LogP) is 3.94. The van der Waals surface area contributed by atoms with Gasteiger partial charge in [-0.25, -0.2) is 9.97 Å². The maximum atomic E-state index is 6.09. The summed E-state index contributed by atoms with van der Waals surface area (Å²) in [4.78, 5) is 8.90. The molecule has 82 valence electrons. The lowest BCUT2D eigenvalue weighted by atomic mass is 10.0. The van der Waals surface area contributed by atoms with E-state index in [2.05, 4.69) is 16.0 Å². The maximum Gasteiger partial charge on any atom is 0.160 e. The summed E-state index contributed by atoms with van der Waals surface area (Å²) in [5.74, 6) is 0.630.